The van der Waals surface area contributed by atoms with Crippen LogP contribution in [0.2, 0.25) is 0 Å². The molecule has 0 saturated heterocycles. The van der Waals surface area contributed by atoms with Gasteiger partial charge >= 0.3 is 0 Å². The first-order chi connectivity index (χ1) is 5.62. The number of hydrogen-bond acceptors (Lipinski definition) is 1. The van der Waals surface area contributed by atoms with Crippen LogP contribution in [0.3, 0.4) is 0 Å². The summed E-state index contributed by atoms with van der Waals surface area (Å²) in [6.45, 7) is 1.23. The van der Waals surface area contributed by atoms with E-state index in [2.05, 4.69) is 0 Å². The van der Waals surface area contributed by atoms with Crippen molar-refractivity contribution < 1.29 is 17.9 Å². The van der Waals surface area contributed by atoms with Crippen molar-refractivity contribution in [3.63, 3.8) is 0 Å². The lowest BCUT2D eigenvalue weighted by atomic mass is 10.2. The minimum absolute atomic E-state index is 0.0147. The lowest BCUT2D eigenvalue weighted by Gasteiger charge is -2.13. The molecule has 0 aliphatic carbocycles. The molecule has 0 saturated carbocycles. The molecule has 0 rings (SSSR count). The Morgan fingerprint density at radius 3 is 2.42 bits per heavy atom. The lowest BCUT2D eigenvalue weighted by molar-refractivity contribution is -0.0363. The molecule has 0 bridgehead atoms. The van der Waals surface area contributed by atoms with E-state index >= 15 is 0 Å². The molecule has 0 fully saturated rings. The van der Waals surface area contributed by atoms with Crippen LogP contribution in [0.5, 0.6) is 0 Å². The third-order valence-corrected chi connectivity index (χ3v) is 1.55. The van der Waals surface area contributed by atoms with Gasteiger partial charge in [-0.05, 0) is 6.42 Å². The summed E-state index contributed by atoms with van der Waals surface area (Å²) >= 11 is 0. The van der Waals surface area contributed by atoms with Gasteiger partial charge in [-0.1, -0.05) is 6.92 Å². The Morgan fingerprint density at radius 1 is 1.25 bits per heavy atom. The fraction of sp³-hybridized carbons (Fsp3) is 1.00. The molecule has 0 aromatic rings. The maximum absolute atomic E-state index is 12.5. The predicted molar refractivity (Wildman–Crippen MR) is 41.3 cm³/mol. The van der Waals surface area contributed by atoms with E-state index in [1.54, 1.807) is 0 Å². The van der Waals surface area contributed by atoms with E-state index in [-0.39, 0.29) is 32.5 Å². The first-order valence-electron chi connectivity index (χ1n) is 4.14. The normalized spacial score (nSPS) is 12.0. The zero-order valence-corrected chi connectivity index (χ0v) is 7.28. The molecule has 12 heavy (non-hydrogen) atoms. The second-order valence-corrected chi connectivity index (χ2v) is 2.61. The Morgan fingerprint density at radius 2 is 1.92 bits per heavy atom. The Hall–Kier alpha value is -0.250. The molecular formula is C8H15F3O. The third kappa shape index (κ3) is 6.46. The summed E-state index contributed by atoms with van der Waals surface area (Å²) in [4.78, 5) is 0. The van der Waals surface area contributed by atoms with Gasteiger partial charge in [-0.15, -0.1) is 0 Å². The van der Waals surface area contributed by atoms with Crippen molar-refractivity contribution in [1.29, 1.82) is 0 Å². The highest BCUT2D eigenvalue weighted by atomic mass is 19.3. The topological polar surface area (TPSA) is 9.23 Å². The summed E-state index contributed by atoms with van der Waals surface area (Å²) in [5.41, 5.74) is 0. The Labute approximate surface area is 70.9 Å². The summed E-state index contributed by atoms with van der Waals surface area (Å²) in [6.07, 6.45) is -0.146. The third-order valence-electron chi connectivity index (χ3n) is 1.55. The first kappa shape index (κ1) is 11.8. The van der Waals surface area contributed by atoms with Gasteiger partial charge in [-0.25, -0.2) is 8.78 Å². The average molecular weight is 184 g/mol. The molecule has 4 heteroatoms. The Balaban J connectivity index is 3.19. The highest BCUT2D eigenvalue weighted by molar-refractivity contribution is 4.62. The van der Waals surface area contributed by atoms with Crippen LogP contribution >= 0.6 is 0 Å². The maximum atomic E-state index is 12.5. The zero-order chi connectivity index (χ0) is 9.45. The predicted octanol–water partition coefficient (Wildman–Crippen LogP) is 2.80. The van der Waals surface area contributed by atoms with E-state index in [1.165, 1.54) is 6.92 Å². The van der Waals surface area contributed by atoms with Crippen LogP contribution in [0.15, 0.2) is 0 Å². The van der Waals surface area contributed by atoms with Crippen molar-refractivity contribution in [1.82, 2.24) is 0 Å². The number of alkyl halides is 3. The monoisotopic (exact) mass is 184 g/mol. The van der Waals surface area contributed by atoms with Gasteiger partial charge in [0.2, 0.25) is 5.92 Å². The van der Waals surface area contributed by atoms with Gasteiger partial charge in [0.1, 0.15) is 0 Å². The van der Waals surface area contributed by atoms with Crippen molar-refractivity contribution in [2.24, 2.45) is 0 Å². The molecule has 1 nitrogen and oxygen atoms in total. The van der Waals surface area contributed by atoms with Crippen LogP contribution in [-0.4, -0.2) is 25.8 Å². The van der Waals surface area contributed by atoms with Gasteiger partial charge in [-0.2, -0.15) is 0 Å². The minimum Gasteiger partial charge on any atom is -0.381 e. The number of hydrogen-bond donors (Lipinski definition) is 0. The van der Waals surface area contributed by atoms with Crippen molar-refractivity contribution in [3.8, 4) is 0 Å². The fourth-order valence-electron chi connectivity index (χ4n) is 0.657. The second-order valence-electron chi connectivity index (χ2n) is 2.61. The fourth-order valence-corrected chi connectivity index (χ4v) is 0.657. The molecule has 74 valence electrons. The van der Waals surface area contributed by atoms with E-state index in [1.807, 2.05) is 0 Å². The van der Waals surface area contributed by atoms with E-state index in [9.17, 15) is 13.2 Å². The molecule has 0 N–H and O–H groups in total. The van der Waals surface area contributed by atoms with Crippen LogP contribution in [-0.2, 0) is 4.74 Å². The summed E-state index contributed by atoms with van der Waals surface area (Å²) in [5.74, 6) is -2.63. The Kier molecular flexibility index (Phi) is 6.16. The van der Waals surface area contributed by atoms with E-state index in [4.69, 9.17) is 4.74 Å². The van der Waals surface area contributed by atoms with Crippen LogP contribution in [0.25, 0.3) is 0 Å². The molecule has 0 heterocycles. The summed E-state index contributed by atoms with van der Waals surface area (Å²) in [5, 5.41) is 0. The van der Waals surface area contributed by atoms with Crippen molar-refractivity contribution in [2.45, 2.75) is 32.1 Å². The smallest absolute Gasteiger partial charge is 0.250 e. The molecule has 0 spiro atoms. The maximum Gasteiger partial charge on any atom is 0.250 e. The Bertz CT molecular complexity index is 106. The molecule has 0 aromatic heterocycles. The van der Waals surface area contributed by atoms with Crippen LogP contribution in [0.4, 0.5) is 13.2 Å². The van der Waals surface area contributed by atoms with Gasteiger partial charge in [0.15, 0.2) is 0 Å². The molecular weight excluding hydrogens is 169 g/mol. The molecule has 0 aromatic carbocycles. The van der Waals surface area contributed by atoms with E-state index < -0.39 is 12.6 Å². The van der Waals surface area contributed by atoms with Gasteiger partial charge in [-0.3, -0.25) is 4.39 Å². The van der Waals surface area contributed by atoms with Gasteiger partial charge in [0.25, 0.3) is 0 Å². The standard InChI is InChI=1S/C8H15F3O/c1-2-8(10,11)4-7-12-6-3-5-9/h2-7H2,1H3. The molecule has 0 atom stereocenters. The van der Waals surface area contributed by atoms with Gasteiger partial charge in [0, 0.05) is 19.4 Å². The largest absolute Gasteiger partial charge is 0.381 e. The summed E-state index contributed by atoms with van der Waals surface area (Å²) < 4.78 is 41.3. The SMILES string of the molecule is CCC(F)(F)CCOCCCF. The average Bonchev–Trinajstić information content (AvgIpc) is 2.04. The molecule has 0 aliphatic heterocycles. The molecule has 0 radical (unpaired) electrons. The van der Waals surface area contributed by atoms with Crippen molar-refractivity contribution >= 4 is 0 Å². The minimum atomic E-state index is -2.63. The number of halogens is 3. The molecule has 0 amide bonds. The first-order valence-corrected chi connectivity index (χ1v) is 4.14. The van der Waals surface area contributed by atoms with Crippen LogP contribution in [0, 0.1) is 0 Å². The molecule has 0 unspecified atom stereocenters. The highest BCUT2D eigenvalue weighted by Gasteiger charge is 2.25. The van der Waals surface area contributed by atoms with Gasteiger partial charge < -0.3 is 4.74 Å². The van der Waals surface area contributed by atoms with Crippen molar-refractivity contribution in [2.75, 3.05) is 19.9 Å². The number of rotatable bonds is 7. The van der Waals surface area contributed by atoms with Gasteiger partial charge in [0.05, 0.1) is 13.3 Å². The second kappa shape index (κ2) is 6.29. The molecule has 0 aliphatic rings. The zero-order valence-electron chi connectivity index (χ0n) is 7.28. The van der Waals surface area contributed by atoms with E-state index in [0.29, 0.717) is 0 Å². The van der Waals surface area contributed by atoms with Crippen LogP contribution < -0.4 is 0 Å². The summed E-state index contributed by atoms with van der Waals surface area (Å²) in [7, 11) is 0. The van der Waals surface area contributed by atoms with E-state index in [0.717, 1.165) is 0 Å². The number of ether oxygens (including phenoxy) is 1. The summed E-state index contributed by atoms with van der Waals surface area (Å²) in [6, 6.07) is 0. The lowest BCUT2D eigenvalue weighted by Crippen LogP contribution is -2.17. The van der Waals surface area contributed by atoms with Crippen LogP contribution in [0.1, 0.15) is 26.2 Å². The van der Waals surface area contributed by atoms with Crippen molar-refractivity contribution in [3.05, 3.63) is 0 Å². The quantitative estimate of drug-likeness (QED) is 0.553. The highest BCUT2D eigenvalue weighted by Crippen LogP contribution is 2.21.